The average Bonchev–Trinajstić information content (AvgIpc) is 2.95. The lowest BCUT2D eigenvalue weighted by molar-refractivity contribution is -0.152. The van der Waals surface area contributed by atoms with Crippen molar-refractivity contribution in [3.05, 3.63) is 34.7 Å². The van der Waals surface area contributed by atoms with Crippen molar-refractivity contribution in [2.45, 2.75) is 25.3 Å². The summed E-state index contributed by atoms with van der Waals surface area (Å²) in [4.78, 5) is 39.8. The zero-order chi connectivity index (χ0) is 20.3. The highest BCUT2D eigenvalue weighted by Gasteiger charge is 2.37. The van der Waals surface area contributed by atoms with Crippen LogP contribution in [-0.4, -0.2) is 63.3 Å². The Hall–Kier alpha value is -2.39. The fraction of sp³-hybridized carbons (Fsp3) is 0.368. The third-order valence-corrected chi connectivity index (χ3v) is 6.07. The minimum Gasteiger partial charge on any atom is -0.497 e. The molecule has 2 aliphatic heterocycles. The van der Waals surface area contributed by atoms with Crippen LogP contribution in [0.25, 0.3) is 6.08 Å². The van der Waals surface area contributed by atoms with Gasteiger partial charge in [-0.05, 0) is 43.0 Å². The van der Waals surface area contributed by atoms with Crippen molar-refractivity contribution in [3.63, 3.8) is 0 Å². The van der Waals surface area contributed by atoms with Gasteiger partial charge in [-0.15, -0.1) is 0 Å². The second-order valence-corrected chi connectivity index (χ2v) is 8.15. The van der Waals surface area contributed by atoms with Gasteiger partial charge in [0.25, 0.3) is 5.91 Å². The van der Waals surface area contributed by atoms with Gasteiger partial charge in [0, 0.05) is 6.54 Å². The van der Waals surface area contributed by atoms with E-state index >= 15 is 0 Å². The van der Waals surface area contributed by atoms with E-state index in [2.05, 4.69) is 0 Å². The van der Waals surface area contributed by atoms with E-state index in [9.17, 15) is 19.5 Å². The van der Waals surface area contributed by atoms with Gasteiger partial charge < -0.3 is 14.7 Å². The number of thioether (sulfide) groups is 1. The first-order valence-electron chi connectivity index (χ1n) is 8.82. The number of carbonyl (C=O) groups excluding carboxylic acids is 2. The Morgan fingerprint density at radius 1 is 1.32 bits per heavy atom. The highest BCUT2D eigenvalue weighted by atomic mass is 32.2. The van der Waals surface area contributed by atoms with Crippen LogP contribution < -0.4 is 4.74 Å². The van der Waals surface area contributed by atoms with Crippen molar-refractivity contribution >= 4 is 52.2 Å². The maximum absolute atomic E-state index is 12.7. The van der Waals surface area contributed by atoms with Crippen molar-refractivity contribution < 1.29 is 24.2 Å². The number of hydrogen-bond donors (Lipinski definition) is 1. The second kappa shape index (κ2) is 8.74. The van der Waals surface area contributed by atoms with Crippen molar-refractivity contribution in [1.82, 2.24) is 9.80 Å². The first-order valence-corrected chi connectivity index (χ1v) is 10.0. The van der Waals surface area contributed by atoms with E-state index in [1.165, 1.54) is 9.80 Å². The van der Waals surface area contributed by atoms with Crippen LogP contribution in [0.3, 0.4) is 0 Å². The second-order valence-electron chi connectivity index (χ2n) is 6.48. The van der Waals surface area contributed by atoms with Crippen LogP contribution in [0, 0.1) is 0 Å². The first-order chi connectivity index (χ1) is 13.4. The SMILES string of the molecule is COc1ccc(C=C2SC(=S)N(CC(=O)N3CCCCC3C(=O)O)C2=O)cc1. The van der Waals surface area contributed by atoms with Gasteiger partial charge in [0.1, 0.15) is 22.7 Å². The molecule has 28 heavy (non-hydrogen) atoms. The van der Waals surface area contributed by atoms with Crippen molar-refractivity contribution in [2.75, 3.05) is 20.2 Å². The molecule has 9 heteroatoms. The molecule has 1 N–H and O–H groups in total. The zero-order valence-electron chi connectivity index (χ0n) is 15.3. The number of aliphatic carboxylic acids is 1. The van der Waals surface area contributed by atoms with E-state index in [1.807, 2.05) is 12.1 Å². The number of rotatable bonds is 5. The highest BCUT2D eigenvalue weighted by molar-refractivity contribution is 8.26. The van der Waals surface area contributed by atoms with E-state index < -0.39 is 17.9 Å². The lowest BCUT2D eigenvalue weighted by atomic mass is 10.0. The molecule has 2 saturated heterocycles. The van der Waals surface area contributed by atoms with E-state index in [-0.39, 0.29) is 12.5 Å². The molecule has 148 valence electrons. The van der Waals surface area contributed by atoms with Crippen LogP contribution in [0.4, 0.5) is 0 Å². The minimum absolute atomic E-state index is 0.242. The zero-order valence-corrected chi connectivity index (χ0v) is 16.9. The van der Waals surface area contributed by atoms with Gasteiger partial charge >= 0.3 is 5.97 Å². The summed E-state index contributed by atoms with van der Waals surface area (Å²) in [5, 5.41) is 9.34. The summed E-state index contributed by atoms with van der Waals surface area (Å²) in [6, 6.07) is 6.38. The number of hydrogen-bond acceptors (Lipinski definition) is 6. The molecule has 3 rings (SSSR count). The van der Waals surface area contributed by atoms with Gasteiger partial charge in [-0.3, -0.25) is 14.5 Å². The Labute approximate surface area is 172 Å². The van der Waals surface area contributed by atoms with E-state index in [0.29, 0.717) is 27.9 Å². The lowest BCUT2D eigenvalue weighted by Gasteiger charge is -2.33. The van der Waals surface area contributed by atoms with Gasteiger partial charge in [0.2, 0.25) is 5.91 Å². The Bertz CT molecular complexity index is 837. The number of carbonyl (C=O) groups is 3. The Morgan fingerprint density at radius 3 is 2.68 bits per heavy atom. The van der Waals surface area contributed by atoms with Crippen molar-refractivity contribution in [2.24, 2.45) is 0 Å². The van der Waals surface area contributed by atoms with Crippen LogP contribution in [0.2, 0.25) is 0 Å². The summed E-state index contributed by atoms with van der Waals surface area (Å²) < 4.78 is 5.41. The molecule has 0 aromatic heterocycles. The minimum atomic E-state index is -1.02. The maximum atomic E-state index is 12.7. The molecule has 1 unspecified atom stereocenters. The number of likely N-dealkylation sites (tertiary alicyclic amines) is 1. The van der Waals surface area contributed by atoms with Gasteiger partial charge in [-0.25, -0.2) is 4.79 Å². The number of methoxy groups -OCH3 is 1. The molecule has 0 radical (unpaired) electrons. The van der Waals surface area contributed by atoms with Crippen LogP contribution in [0.1, 0.15) is 24.8 Å². The summed E-state index contributed by atoms with van der Waals surface area (Å²) in [7, 11) is 1.58. The van der Waals surface area contributed by atoms with Crippen LogP contribution in [0.15, 0.2) is 29.2 Å². The molecule has 0 bridgehead atoms. The third-order valence-electron chi connectivity index (χ3n) is 4.69. The summed E-state index contributed by atoms with van der Waals surface area (Å²) in [5.74, 6) is -1.04. The smallest absolute Gasteiger partial charge is 0.326 e. The lowest BCUT2D eigenvalue weighted by Crippen LogP contribution is -2.51. The number of carboxylic acids is 1. The highest BCUT2D eigenvalue weighted by Crippen LogP contribution is 2.33. The molecule has 2 fully saturated rings. The maximum Gasteiger partial charge on any atom is 0.326 e. The average molecular weight is 421 g/mol. The van der Waals surface area contributed by atoms with E-state index in [0.717, 1.165) is 30.2 Å². The van der Waals surface area contributed by atoms with Crippen molar-refractivity contribution in [1.29, 1.82) is 0 Å². The molecule has 2 amide bonds. The fourth-order valence-corrected chi connectivity index (χ4v) is 4.46. The summed E-state index contributed by atoms with van der Waals surface area (Å²) in [6.07, 6.45) is 3.67. The monoisotopic (exact) mass is 420 g/mol. The number of carboxylic acid groups (broad SMARTS) is 1. The molecular formula is C19H20N2O5S2. The number of nitrogens with zero attached hydrogens (tertiary/aromatic N) is 2. The number of amides is 2. The van der Waals surface area contributed by atoms with Gasteiger partial charge in [-0.2, -0.15) is 0 Å². The van der Waals surface area contributed by atoms with Gasteiger partial charge in [0.15, 0.2) is 0 Å². The third kappa shape index (κ3) is 4.36. The molecule has 1 aromatic carbocycles. The van der Waals surface area contributed by atoms with Gasteiger partial charge in [-0.1, -0.05) is 36.1 Å². The molecule has 1 atom stereocenters. The van der Waals surface area contributed by atoms with E-state index in [1.54, 1.807) is 25.3 Å². The Balaban J connectivity index is 1.71. The largest absolute Gasteiger partial charge is 0.497 e. The molecule has 2 aliphatic rings. The number of benzene rings is 1. The molecular weight excluding hydrogens is 400 g/mol. The standard InChI is InChI=1S/C19H20N2O5S2/c1-26-13-7-5-12(6-8-13)10-15-17(23)21(19(27)28-15)11-16(22)20-9-3-2-4-14(20)18(24)25/h5-8,10,14H,2-4,9,11H2,1H3,(H,24,25). The predicted octanol–water partition coefficient (Wildman–Crippen LogP) is 2.36. The number of ether oxygens (including phenoxy) is 1. The molecule has 1 aromatic rings. The molecule has 2 heterocycles. The summed E-state index contributed by atoms with van der Waals surface area (Å²) in [5.41, 5.74) is 0.814. The normalized spacial score (nSPS) is 21.3. The molecule has 0 spiro atoms. The summed E-state index contributed by atoms with van der Waals surface area (Å²) in [6.45, 7) is 0.140. The molecule has 7 nitrogen and oxygen atoms in total. The van der Waals surface area contributed by atoms with Crippen LogP contribution in [-0.2, 0) is 14.4 Å². The van der Waals surface area contributed by atoms with Crippen molar-refractivity contribution in [3.8, 4) is 5.75 Å². The fourth-order valence-electron chi connectivity index (χ4n) is 3.20. The number of piperidine rings is 1. The Kier molecular flexibility index (Phi) is 6.35. The van der Waals surface area contributed by atoms with E-state index in [4.69, 9.17) is 17.0 Å². The molecule has 0 aliphatic carbocycles. The first kappa shape index (κ1) is 20.3. The van der Waals surface area contributed by atoms with Crippen LogP contribution >= 0.6 is 24.0 Å². The van der Waals surface area contributed by atoms with Gasteiger partial charge in [0.05, 0.1) is 12.0 Å². The topological polar surface area (TPSA) is 87.2 Å². The predicted molar refractivity (Wildman–Crippen MR) is 110 cm³/mol. The number of thiocarbonyl (C=S) groups is 1. The summed E-state index contributed by atoms with van der Waals surface area (Å²) >= 11 is 6.40. The van der Waals surface area contributed by atoms with Crippen LogP contribution in [0.5, 0.6) is 5.75 Å². The molecule has 0 saturated carbocycles. The quantitative estimate of drug-likeness (QED) is 0.578. The Morgan fingerprint density at radius 2 is 2.04 bits per heavy atom.